The summed E-state index contributed by atoms with van der Waals surface area (Å²) in [6.07, 6.45) is 5.35. The van der Waals surface area contributed by atoms with Crippen LogP contribution >= 0.6 is 0 Å². The Morgan fingerprint density at radius 1 is 1.10 bits per heavy atom. The van der Waals surface area contributed by atoms with E-state index in [1.165, 1.54) is 24.8 Å². The highest BCUT2D eigenvalue weighted by molar-refractivity contribution is 5.95. The summed E-state index contributed by atoms with van der Waals surface area (Å²) in [5.74, 6) is 0.950. The molecular weight excluding hydrogens is 260 g/mol. The van der Waals surface area contributed by atoms with E-state index in [4.69, 9.17) is 0 Å². The van der Waals surface area contributed by atoms with Crippen molar-refractivity contribution in [3.8, 4) is 0 Å². The standard InChI is InChI=1S/C18H22N2O/c21-18(17-7-4-10-19-17)14-20-11-8-16(9-12-20)13-15-5-2-1-3-6-15/h1-7,10,16,19H,8-9,11-14H2. The van der Waals surface area contributed by atoms with Gasteiger partial charge in [0.25, 0.3) is 0 Å². The average Bonchev–Trinajstić information content (AvgIpc) is 3.05. The molecule has 1 aromatic carbocycles. The molecule has 0 aliphatic carbocycles. The van der Waals surface area contributed by atoms with Crippen LogP contribution in [0.3, 0.4) is 0 Å². The Bertz CT molecular complexity index is 554. The normalized spacial score (nSPS) is 17.0. The molecule has 0 saturated carbocycles. The molecule has 3 rings (SSSR count). The zero-order valence-corrected chi connectivity index (χ0v) is 12.3. The number of carbonyl (C=O) groups is 1. The zero-order chi connectivity index (χ0) is 14.5. The molecule has 110 valence electrons. The number of Topliss-reactive ketones (excluding diaryl/α,β-unsaturated/α-hetero) is 1. The molecule has 0 radical (unpaired) electrons. The van der Waals surface area contributed by atoms with Crippen molar-refractivity contribution >= 4 is 5.78 Å². The number of H-pyrrole nitrogens is 1. The van der Waals surface area contributed by atoms with Gasteiger partial charge in [-0.25, -0.2) is 0 Å². The van der Waals surface area contributed by atoms with Crippen LogP contribution in [0.25, 0.3) is 0 Å². The van der Waals surface area contributed by atoms with E-state index >= 15 is 0 Å². The topological polar surface area (TPSA) is 36.1 Å². The van der Waals surface area contributed by atoms with Crippen LogP contribution < -0.4 is 0 Å². The zero-order valence-electron chi connectivity index (χ0n) is 12.3. The van der Waals surface area contributed by atoms with Gasteiger partial charge in [0.1, 0.15) is 0 Å². The number of carbonyl (C=O) groups excluding carboxylic acids is 1. The van der Waals surface area contributed by atoms with Crippen LogP contribution in [0.15, 0.2) is 48.7 Å². The molecule has 0 amide bonds. The van der Waals surface area contributed by atoms with E-state index < -0.39 is 0 Å². The minimum absolute atomic E-state index is 0.196. The summed E-state index contributed by atoms with van der Waals surface area (Å²) in [5.41, 5.74) is 2.15. The Hall–Kier alpha value is -1.87. The van der Waals surface area contributed by atoms with E-state index in [-0.39, 0.29) is 5.78 Å². The predicted octanol–water partition coefficient (Wildman–Crippen LogP) is 3.15. The van der Waals surface area contributed by atoms with Crippen LogP contribution in [-0.2, 0) is 6.42 Å². The summed E-state index contributed by atoms with van der Waals surface area (Å²) in [5, 5.41) is 0. The van der Waals surface area contributed by atoms with Gasteiger partial charge < -0.3 is 4.98 Å². The summed E-state index contributed by atoms with van der Waals surface area (Å²) >= 11 is 0. The number of rotatable bonds is 5. The highest BCUT2D eigenvalue weighted by atomic mass is 16.1. The van der Waals surface area contributed by atoms with Gasteiger partial charge in [-0.2, -0.15) is 0 Å². The van der Waals surface area contributed by atoms with E-state index in [0.717, 1.165) is 24.7 Å². The second-order valence-electron chi connectivity index (χ2n) is 5.92. The van der Waals surface area contributed by atoms with Crippen molar-refractivity contribution in [2.24, 2.45) is 5.92 Å². The summed E-state index contributed by atoms with van der Waals surface area (Å²) in [7, 11) is 0. The van der Waals surface area contributed by atoms with Crippen LogP contribution in [0.5, 0.6) is 0 Å². The molecule has 0 unspecified atom stereocenters. The second kappa shape index (κ2) is 6.72. The molecule has 2 aromatic rings. The third-order valence-corrected chi connectivity index (χ3v) is 4.34. The third-order valence-electron chi connectivity index (χ3n) is 4.34. The van der Waals surface area contributed by atoms with Gasteiger partial charge >= 0.3 is 0 Å². The van der Waals surface area contributed by atoms with Crippen LogP contribution in [0.2, 0.25) is 0 Å². The lowest BCUT2D eigenvalue weighted by Crippen LogP contribution is -2.37. The van der Waals surface area contributed by atoms with Crippen molar-refractivity contribution in [3.63, 3.8) is 0 Å². The number of aromatic amines is 1. The highest BCUT2D eigenvalue weighted by Gasteiger charge is 2.21. The van der Waals surface area contributed by atoms with E-state index in [1.807, 2.05) is 12.1 Å². The number of ketones is 1. The van der Waals surface area contributed by atoms with Gasteiger partial charge in [0.2, 0.25) is 0 Å². The lowest BCUT2D eigenvalue weighted by molar-refractivity contribution is 0.0891. The van der Waals surface area contributed by atoms with E-state index in [2.05, 4.69) is 40.2 Å². The monoisotopic (exact) mass is 282 g/mol. The smallest absolute Gasteiger partial charge is 0.192 e. The summed E-state index contributed by atoms with van der Waals surface area (Å²) in [6, 6.07) is 14.4. The number of piperidine rings is 1. The van der Waals surface area contributed by atoms with Gasteiger partial charge in [-0.05, 0) is 56.0 Å². The van der Waals surface area contributed by atoms with Crippen LogP contribution in [0.4, 0.5) is 0 Å². The Morgan fingerprint density at radius 3 is 2.52 bits per heavy atom. The molecule has 1 saturated heterocycles. The minimum Gasteiger partial charge on any atom is -0.359 e. The molecule has 21 heavy (non-hydrogen) atoms. The van der Waals surface area contributed by atoms with Crippen molar-refractivity contribution in [2.75, 3.05) is 19.6 Å². The SMILES string of the molecule is O=C(CN1CCC(Cc2ccccc2)CC1)c1ccc[nH]1. The maximum atomic E-state index is 12.1. The van der Waals surface area contributed by atoms with E-state index in [9.17, 15) is 4.79 Å². The number of nitrogens with one attached hydrogen (secondary N) is 1. The number of benzene rings is 1. The van der Waals surface area contributed by atoms with Crippen molar-refractivity contribution in [2.45, 2.75) is 19.3 Å². The predicted molar refractivity (Wildman–Crippen MR) is 84.4 cm³/mol. The van der Waals surface area contributed by atoms with Crippen molar-refractivity contribution in [1.82, 2.24) is 9.88 Å². The fraction of sp³-hybridized carbons (Fsp3) is 0.389. The molecule has 0 atom stereocenters. The summed E-state index contributed by atoms with van der Waals surface area (Å²) < 4.78 is 0. The Morgan fingerprint density at radius 2 is 1.86 bits per heavy atom. The molecule has 2 heterocycles. The van der Waals surface area contributed by atoms with Crippen LogP contribution in [0.1, 0.15) is 28.9 Å². The largest absolute Gasteiger partial charge is 0.359 e. The first kappa shape index (κ1) is 14.1. The summed E-state index contributed by atoms with van der Waals surface area (Å²) in [6.45, 7) is 2.60. The molecule has 1 aliphatic heterocycles. The van der Waals surface area contributed by atoms with Crippen LogP contribution in [-0.4, -0.2) is 35.3 Å². The maximum Gasteiger partial charge on any atom is 0.192 e. The average molecular weight is 282 g/mol. The molecule has 1 aromatic heterocycles. The molecule has 0 bridgehead atoms. The van der Waals surface area contributed by atoms with Gasteiger partial charge in [0.05, 0.1) is 12.2 Å². The van der Waals surface area contributed by atoms with Gasteiger partial charge in [-0.3, -0.25) is 9.69 Å². The lowest BCUT2D eigenvalue weighted by Gasteiger charge is -2.31. The highest BCUT2D eigenvalue weighted by Crippen LogP contribution is 2.21. The van der Waals surface area contributed by atoms with E-state index in [1.54, 1.807) is 6.20 Å². The fourth-order valence-corrected chi connectivity index (χ4v) is 3.09. The molecule has 0 spiro atoms. The number of nitrogens with zero attached hydrogens (tertiary/aromatic N) is 1. The van der Waals surface area contributed by atoms with E-state index in [0.29, 0.717) is 6.54 Å². The minimum atomic E-state index is 0.196. The first-order valence-corrected chi connectivity index (χ1v) is 7.74. The van der Waals surface area contributed by atoms with Crippen molar-refractivity contribution < 1.29 is 4.79 Å². The first-order valence-electron chi connectivity index (χ1n) is 7.74. The molecule has 1 aliphatic rings. The Kier molecular flexibility index (Phi) is 4.51. The first-order chi connectivity index (χ1) is 10.3. The third kappa shape index (κ3) is 3.82. The van der Waals surface area contributed by atoms with Gasteiger partial charge in [-0.15, -0.1) is 0 Å². The van der Waals surface area contributed by atoms with Crippen LogP contribution in [0, 0.1) is 5.92 Å². The number of hydrogen-bond donors (Lipinski definition) is 1. The molecule has 1 fully saturated rings. The molecule has 3 nitrogen and oxygen atoms in total. The molecular formula is C18H22N2O. The summed E-state index contributed by atoms with van der Waals surface area (Å²) in [4.78, 5) is 17.3. The maximum absolute atomic E-state index is 12.1. The number of likely N-dealkylation sites (tertiary alicyclic amines) is 1. The van der Waals surface area contributed by atoms with Gasteiger partial charge in [0.15, 0.2) is 5.78 Å². The Labute approximate surface area is 126 Å². The molecule has 1 N–H and O–H groups in total. The lowest BCUT2D eigenvalue weighted by atomic mass is 9.90. The second-order valence-corrected chi connectivity index (χ2v) is 5.92. The number of hydrogen-bond acceptors (Lipinski definition) is 2. The molecule has 3 heteroatoms. The quantitative estimate of drug-likeness (QED) is 0.855. The fourth-order valence-electron chi connectivity index (χ4n) is 3.09. The number of aromatic nitrogens is 1. The van der Waals surface area contributed by atoms with Crippen molar-refractivity contribution in [1.29, 1.82) is 0 Å². The van der Waals surface area contributed by atoms with Gasteiger partial charge in [-0.1, -0.05) is 30.3 Å². The van der Waals surface area contributed by atoms with Gasteiger partial charge in [0, 0.05) is 6.20 Å². The van der Waals surface area contributed by atoms with Crippen molar-refractivity contribution in [3.05, 3.63) is 59.9 Å². The Balaban J connectivity index is 1.46.